The first-order valence-electron chi connectivity index (χ1n) is 7.40. The molecule has 0 bridgehead atoms. The zero-order valence-corrected chi connectivity index (χ0v) is 11.2. The molecule has 18 heavy (non-hydrogen) atoms. The van der Waals surface area contributed by atoms with Crippen molar-refractivity contribution in [1.29, 1.82) is 0 Å². The molecule has 3 unspecified atom stereocenters. The number of aliphatic hydroxyl groups is 1. The first-order valence-corrected chi connectivity index (χ1v) is 7.40. The van der Waals surface area contributed by atoms with Crippen LogP contribution in [0, 0.1) is 11.8 Å². The molecule has 3 atom stereocenters. The number of hydrogen-bond donors (Lipinski definition) is 3. The Labute approximate surface area is 110 Å². The summed E-state index contributed by atoms with van der Waals surface area (Å²) in [6, 6.07) is 0.202. The highest BCUT2D eigenvalue weighted by Gasteiger charge is 2.26. The zero-order chi connectivity index (χ0) is 12.8. The fourth-order valence-electron chi connectivity index (χ4n) is 3.24. The highest BCUT2D eigenvalue weighted by Crippen LogP contribution is 2.24. The number of carbonyl (C=O) groups excluding carboxylic acids is 1. The van der Waals surface area contributed by atoms with Crippen LogP contribution in [-0.4, -0.2) is 36.8 Å². The second kappa shape index (κ2) is 7.10. The number of rotatable bonds is 4. The van der Waals surface area contributed by atoms with Gasteiger partial charge in [0, 0.05) is 25.0 Å². The molecule has 1 aliphatic heterocycles. The first-order chi connectivity index (χ1) is 8.79. The molecule has 1 amide bonds. The van der Waals surface area contributed by atoms with Crippen LogP contribution in [0.4, 0.5) is 0 Å². The molecule has 1 aliphatic carbocycles. The molecule has 104 valence electrons. The fraction of sp³-hybridized carbons (Fsp3) is 0.929. The quantitative estimate of drug-likeness (QED) is 0.702. The minimum Gasteiger partial charge on any atom is -0.396 e. The number of nitrogens with one attached hydrogen (secondary N) is 2. The Balaban J connectivity index is 1.75. The molecule has 2 fully saturated rings. The second-order valence-electron chi connectivity index (χ2n) is 5.82. The van der Waals surface area contributed by atoms with Crippen LogP contribution in [0.5, 0.6) is 0 Å². The summed E-state index contributed by atoms with van der Waals surface area (Å²) in [6.45, 7) is 2.27. The van der Waals surface area contributed by atoms with Crippen molar-refractivity contribution in [2.24, 2.45) is 11.8 Å². The van der Waals surface area contributed by atoms with Crippen molar-refractivity contribution in [3.63, 3.8) is 0 Å². The molecule has 0 aromatic rings. The molecule has 1 heterocycles. The van der Waals surface area contributed by atoms with Gasteiger partial charge in [0.1, 0.15) is 0 Å². The van der Waals surface area contributed by atoms with E-state index in [1.165, 1.54) is 19.3 Å². The summed E-state index contributed by atoms with van der Waals surface area (Å²) >= 11 is 0. The van der Waals surface area contributed by atoms with Gasteiger partial charge in [-0.25, -0.2) is 0 Å². The molecule has 4 heteroatoms. The standard InChI is InChI=1S/C14H26N2O2/c17-10-12-5-1-2-6-13(12)16-14(18)8-11-4-3-7-15-9-11/h11-13,15,17H,1-10H2,(H,16,18). The lowest BCUT2D eigenvalue weighted by Crippen LogP contribution is -2.44. The number of carbonyl (C=O) groups is 1. The van der Waals surface area contributed by atoms with Crippen LogP contribution in [0.2, 0.25) is 0 Å². The van der Waals surface area contributed by atoms with Crippen LogP contribution in [0.3, 0.4) is 0 Å². The predicted octanol–water partition coefficient (Wildman–Crippen LogP) is 1.04. The van der Waals surface area contributed by atoms with Gasteiger partial charge in [0.15, 0.2) is 0 Å². The summed E-state index contributed by atoms with van der Waals surface area (Å²) in [4.78, 5) is 12.0. The topological polar surface area (TPSA) is 61.4 Å². The lowest BCUT2D eigenvalue weighted by molar-refractivity contribution is -0.123. The summed E-state index contributed by atoms with van der Waals surface area (Å²) in [6.07, 6.45) is 7.42. The predicted molar refractivity (Wildman–Crippen MR) is 71.2 cm³/mol. The molecule has 0 radical (unpaired) electrons. The van der Waals surface area contributed by atoms with Gasteiger partial charge in [-0.05, 0) is 44.7 Å². The Morgan fingerprint density at radius 3 is 2.78 bits per heavy atom. The van der Waals surface area contributed by atoms with Gasteiger partial charge in [-0.3, -0.25) is 4.79 Å². The van der Waals surface area contributed by atoms with E-state index in [9.17, 15) is 9.90 Å². The number of piperidine rings is 1. The van der Waals surface area contributed by atoms with Crippen LogP contribution >= 0.6 is 0 Å². The van der Waals surface area contributed by atoms with Crippen molar-refractivity contribution < 1.29 is 9.90 Å². The summed E-state index contributed by atoms with van der Waals surface area (Å²) in [5.41, 5.74) is 0. The first kappa shape index (κ1) is 13.8. The second-order valence-corrected chi connectivity index (χ2v) is 5.82. The number of amides is 1. The van der Waals surface area contributed by atoms with E-state index in [2.05, 4.69) is 10.6 Å². The highest BCUT2D eigenvalue weighted by atomic mass is 16.3. The van der Waals surface area contributed by atoms with Crippen molar-refractivity contribution in [1.82, 2.24) is 10.6 Å². The molecule has 3 N–H and O–H groups in total. The van der Waals surface area contributed by atoms with E-state index in [4.69, 9.17) is 0 Å². The maximum atomic E-state index is 12.0. The van der Waals surface area contributed by atoms with E-state index in [1.54, 1.807) is 0 Å². The molecule has 0 aromatic heterocycles. The third-order valence-corrected chi connectivity index (χ3v) is 4.36. The lowest BCUT2D eigenvalue weighted by Gasteiger charge is -2.31. The highest BCUT2D eigenvalue weighted by molar-refractivity contribution is 5.76. The van der Waals surface area contributed by atoms with E-state index >= 15 is 0 Å². The monoisotopic (exact) mass is 254 g/mol. The average Bonchev–Trinajstić information content (AvgIpc) is 2.40. The van der Waals surface area contributed by atoms with Crippen molar-refractivity contribution in [3.05, 3.63) is 0 Å². The van der Waals surface area contributed by atoms with Gasteiger partial charge < -0.3 is 15.7 Å². The Kier molecular flexibility index (Phi) is 5.45. The fourth-order valence-corrected chi connectivity index (χ4v) is 3.24. The van der Waals surface area contributed by atoms with E-state index < -0.39 is 0 Å². The summed E-state index contributed by atoms with van der Waals surface area (Å²) in [7, 11) is 0. The molecule has 1 saturated heterocycles. The van der Waals surface area contributed by atoms with Crippen LogP contribution < -0.4 is 10.6 Å². The number of hydrogen-bond acceptors (Lipinski definition) is 3. The lowest BCUT2D eigenvalue weighted by atomic mass is 9.84. The molecule has 0 aromatic carbocycles. The molecular weight excluding hydrogens is 228 g/mol. The third kappa shape index (κ3) is 3.95. The summed E-state index contributed by atoms with van der Waals surface area (Å²) in [5.74, 6) is 0.941. The van der Waals surface area contributed by atoms with Crippen LogP contribution in [-0.2, 0) is 4.79 Å². The Hall–Kier alpha value is -0.610. The van der Waals surface area contributed by atoms with Crippen molar-refractivity contribution in [3.8, 4) is 0 Å². The zero-order valence-electron chi connectivity index (χ0n) is 11.2. The van der Waals surface area contributed by atoms with Crippen molar-refractivity contribution in [2.45, 2.75) is 51.0 Å². The Bertz CT molecular complexity index is 265. The molecule has 1 saturated carbocycles. The Morgan fingerprint density at radius 1 is 1.22 bits per heavy atom. The molecule has 2 aliphatic rings. The molecular formula is C14H26N2O2. The van der Waals surface area contributed by atoms with E-state index in [-0.39, 0.29) is 24.5 Å². The minimum atomic E-state index is 0.175. The molecule has 2 rings (SSSR count). The van der Waals surface area contributed by atoms with Crippen molar-refractivity contribution >= 4 is 5.91 Å². The van der Waals surface area contributed by atoms with Gasteiger partial charge in [-0.15, -0.1) is 0 Å². The van der Waals surface area contributed by atoms with Crippen molar-refractivity contribution in [2.75, 3.05) is 19.7 Å². The maximum absolute atomic E-state index is 12.0. The van der Waals surface area contributed by atoms with E-state index in [0.717, 1.165) is 32.4 Å². The maximum Gasteiger partial charge on any atom is 0.220 e. The van der Waals surface area contributed by atoms with Gasteiger partial charge in [0.25, 0.3) is 0 Å². The SMILES string of the molecule is O=C(CC1CCCNC1)NC1CCCCC1CO. The third-order valence-electron chi connectivity index (χ3n) is 4.36. The van der Waals surface area contributed by atoms with Gasteiger partial charge in [0.05, 0.1) is 0 Å². The van der Waals surface area contributed by atoms with Crippen LogP contribution in [0.1, 0.15) is 44.9 Å². The summed E-state index contributed by atoms with van der Waals surface area (Å²) < 4.78 is 0. The smallest absolute Gasteiger partial charge is 0.220 e. The normalized spacial score (nSPS) is 33.1. The largest absolute Gasteiger partial charge is 0.396 e. The van der Waals surface area contributed by atoms with Gasteiger partial charge in [-0.2, -0.15) is 0 Å². The number of aliphatic hydroxyl groups excluding tert-OH is 1. The molecule has 0 spiro atoms. The van der Waals surface area contributed by atoms with Gasteiger partial charge in [-0.1, -0.05) is 12.8 Å². The average molecular weight is 254 g/mol. The van der Waals surface area contributed by atoms with E-state index in [1.807, 2.05) is 0 Å². The van der Waals surface area contributed by atoms with Gasteiger partial charge in [0.2, 0.25) is 5.91 Å². The van der Waals surface area contributed by atoms with Gasteiger partial charge >= 0.3 is 0 Å². The minimum absolute atomic E-state index is 0.175. The molecule has 4 nitrogen and oxygen atoms in total. The van der Waals surface area contributed by atoms with Crippen LogP contribution in [0.15, 0.2) is 0 Å². The van der Waals surface area contributed by atoms with Crippen LogP contribution in [0.25, 0.3) is 0 Å². The summed E-state index contributed by atoms with van der Waals surface area (Å²) in [5, 5.41) is 15.8. The van der Waals surface area contributed by atoms with E-state index in [0.29, 0.717) is 12.3 Å². The Morgan fingerprint density at radius 2 is 2.06 bits per heavy atom.